The van der Waals surface area contributed by atoms with E-state index in [1.54, 1.807) is 0 Å². The third-order valence-corrected chi connectivity index (χ3v) is 3.56. The first-order valence-corrected chi connectivity index (χ1v) is 7.76. The number of nitrogens with zero attached hydrogens (tertiary/aromatic N) is 1. The van der Waals surface area contributed by atoms with Crippen LogP contribution in [0.2, 0.25) is 0 Å². The molecule has 134 valence electrons. The van der Waals surface area contributed by atoms with E-state index >= 15 is 0 Å². The van der Waals surface area contributed by atoms with E-state index in [1.807, 2.05) is 6.92 Å². The smallest absolute Gasteiger partial charge is 0.406 e. The van der Waals surface area contributed by atoms with E-state index in [1.165, 1.54) is 24.3 Å². The van der Waals surface area contributed by atoms with Gasteiger partial charge in [-0.15, -0.1) is 13.2 Å². The first-order chi connectivity index (χ1) is 11.3. The molecule has 0 bridgehead atoms. The predicted molar refractivity (Wildman–Crippen MR) is 81.7 cm³/mol. The molecule has 1 N–H and O–H groups in total. The van der Waals surface area contributed by atoms with Crippen LogP contribution in [-0.4, -0.2) is 56.1 Å². The molecule has 0 radical (unpaired) electrons. The number of carbonyl (C=O) groups excluding carboxylic acids is 1. The van der Waals surface area contributed by atoms with Crippen molar-refractivity contribution in [2.45, 2.75) is 25.7 Å². The second kappa shape index (κ2) is 8.34. The highest BCUT2D eigenvalue weighted by atomic mass is 19.4. The normalized spacial score (nSPS) is 17.3. The van der Waals surface area contributed by atoms with Gasteiger partial charge in [-0.2, -0.15) is 0 Å². The summed E-state index contributed by atoms with van der Waals surface area (Å²) in [5, 5.41) is 2.90. The molecule has 0 unspecified atom stereocenters. The lowest BCUT2D eigenvalue weighted by molar-refractivity contribution is -0.274. The summed E-state index contributed by atoms with van der Waals surface area (Å²) in [7, 11) is 0. The van der Waals surface area contributed by atoms with Crippen molar-refractivity contribution >= 4 is 5.91 Å². The second-order valence-electron chi connectivity index (χ2n) is 5.75. The molecule has 8 heteroatoms. The molecule has 1 fully saturated rings. The average molecular weight is 346 g/mol. The molecule has 0 aromatic heterocycles. The fourth-order valence-electron chi connectivity index (χ4n) is 2.54. The van der Waals surface area contributed by atoms with E-state index in [4.69, 9.17) is 4.74 Å². The molecule has 1 atom stereocenters. The SMILES string of the molecule is C[C@@H](CN1CCOCC1)NC(=O)Cc1ccc(OC(F)(F)F)cc1. The standard InChI is InChI=1S/C16H21F3N2O3/c1-12(11-21-6-8-23-9-7-21)20-15(22)10-13-2-4-14(5-3-13)24-16(17,18)19/h2-5,12H,6-11H2,1H3,(H,20,22)/t12-/m0/s1. The number of amides is 1. The zero-order valence-electron chi connectivity index (χ0n) is 13.4. The van der Waals surface area contributed by atoms with Gasteiger partial charge in [-0.05, 0) is 24.6 Å². The van der Waals surface area contributed by atoms with Crippen molar-refractivity contribution in [3.05, 3.63) is 29.8 Å². The summed E-state index contributed by atoms with van der Waals surface area (Å²) in [4.78, 5) is 14.2. The van der Waals surface area contributed by atoms with Crippen LogP contribution in [0.15, 0.2) is 24.3 Å². The number of hydrogen-bond acceptors (Lipinski definition) is 4. The third kappa shape index (κ3) is 6.76. The molecule has 0 saturated carbocycles. The maximum Gasteiger partial charge on any atom is 0.573 e. The van der Waals surface area contributed by atoms with Gasteiger partial charge in [0.1, 0.15) is 5.75 Å². The molecule has 2 rings (SSSR count). The fraction of sp³-hybridized carbons (Fsp3) is 0.562. The maximum absolute atomic E-state index is 12.1. The fourth-order valence-corrected chi connectivity index (χ4v) is 2.54. The highest BCUT2D eigenvalue weighted by Gasteiger charge is 2.30. The van der Waals surface area contributed by atoms with Crippen molar-refractivity contribution in [3.63, 3.8) is 0 Å². The summed E-state index contributed by atoms with van der Waals surface area (Å²) in [6.07, 6.45) is -4.60. The molecular weight excluding hydrogens is 325 g/mol. The Morgan fingerprint density at radius 3 is 2.50 bits per heavy atom. The van der Waals surface area contributed by atoms with Gasteiger partial charge in [0.2, 0.25) is 5.91 Å². The Morgan fingerprint density at radius 2 is 1.92 bits per heavy atom. The Morgan fingerprint density at radius 1 is 1.29 bits per heavy atom. The highest BCUT2D eigenvalue weighted by Crippen LogP contribution is 2.22. The quantitative estimate of drug-likeness (QED) is 0.856. The number of carbonyl (C=O) groups is 1. The number of ether oxygens (including phenoxy) is 2. The van der Waals surface area contributed by atoms with Gasteiger partial charge in [0, 0.05) is 25.7 Å². The predicted octanol–water partition coefficient (Wildman–Crippen LogP) is 1.96. The Kier molecular flexibility index (Phi) is 6.44. The van der Waals surface area contributed by atoms with Crippen molar-refractivity contribution in [1.29, 1.82) is 0 Å². The Balaban J connectivity index is 1.76. The van der Waals surface area contributed by atoms with E-state index < -0.39 is 6.36 Å². The monoisotopic (exact) mass is 346 g/mol. The summed E-state index contributed by atoms with van der Waals surface area (Å²) < 4.78 is 45.3. The van der Waals surface area contributed by atoms with E-state index in [0.717, 1.165) is 19.6 Å². The van der Waals surface area contributed by atoms with E-state index in [0.29, 0.717) is 18.8 Å². The summed E-state index contributed by atoms with van der Waals surface area (Å²) in [6, 6.07) is 5.30. The van der Waals surface area contributed by atoms with Crippen LogP contribution in [0.25, 0.3) is 0 Å². The van der Waals surface area contributed by atoms with Crippen molar-refractivity contribution in [1.82, 2.24) is 10.2 Å². The first-order valence-electron chi connectivity index (χ1n) is 7.76. The zero-order chi connectivity index (χ0) is 17.6. The van der Waals surface area contributed by atoms with Crippen LogP contribution in [0.1, 0.15) is 12.5 Å². The summed E-state index contributed by atoms with van der Waals surface area (Å²) in [5.74, 6) is -0.465. The Bertz CT molecular complexity index is 528. The molecule has 1 aliphatic heterocycles. The van der Waals surface area contributed by atoms with Gasteiger partial charge in [0.25, 0.3) is 0 Å². The number of alkyl halides is 3. The minimum Gasteiger partial charge on any atom is -0.406 e. The van der Waals surface area contributed by atoms with Crippen LogP contribution < -0.4 is 10.1 Å². The zero-order valence-corrected chi connectivity index (χ0v) is 13.4. The third-order valence-electron chi connectivity index (χ3n) is 3.56. The van der Waals surface area contributed by atoms with Crippen LogP contribution in [0.3, 0.4) is 0 Å². The van der Waals surface area contributed by atoms with E-state index in [9.17, 15) is 18.0 Å². The highest BCUT2D eigenvalue weighted by molar-refractivity contribution is 5.78. The van der Waals surface area contributed by atoms with E-state index in [-0.39, 0.29) is 24.1 Å². The molecule has 1 heterocycles. The van der Waals surface area contributed by atoms with Crippen LogP contribution in [0.5, 0.6) is 5.75 Å². The lowest BCUT2D eigenvalue weighted by Gasteiger charge is -2.29. The van der Waals surface area contributed by atoms with Crippen molar-refractivity contribution < 1.29 is 27.4 Å². The molecule has 0 aliphatic carbocycles. The van der Waals surface area contributed by atoms with E-state index in [2.05, 4.69) is 15.0 Å². The number of hydrogen-bond donors (Lipinski definition) is 1. The largest absolute Gasteiger partial charge is 0.573 e. The van der Waals surface area contributed by atoms with Crippen molar-refractivity contribution in [2.75, 3.05) is 32.8 Å². The molecule has 0 spiro atoms. The van der Waals surface area contributed by atoms with Gasteiger partial charge in [0.15, 0.2) is 0 Å². The van der Waals surface area contributed by atoms with Crippen molar-refractivity contribution in [3.8, 4) is 5.75 Å². The van der Waals surface area contributed by atoms with Crippen molar-refractivity contribution in [2.24, 2.45) is 0 Å². The maximum atomic E-state index is 12.1. The summed E-state index contributed by atoms with van der Waals surface area (Å²) in [6.45, 7) is 5.77. The molecule has 1 amide bonds. The van der Waals surface area contributed by atoms with Gasteiger partial charge >= 0.3 is 6.36 Å². The molecule has 1 aromatic rings. The minimum atomic E-state index is -4.71. The van der Waals surface area contributed by atoms with Gasteiger partial charge in [-0.25, -0.2) is 0 Å². The molecule has 1 aliphatic rings. The van der Waals surface area contributed by atoms with Gasteiger partial charge in [0.05, 0.1) is 19.6 Å². The van der Waals surface area contributed by atoms with Crippen LogP contribution in [0.4, 0.5) is 13.2 Å². The number of morpholine rings is 1. The minimum absolute atomic E-state index is 0.0107. The Hall–Kier alpha value is -1.80. The molecule has 1 aromatic carbocycles. The molecular formula is C16H21F3N2O3. The summed E-state index contributed by atoms with van der Waals surface area (Å²) >= 11 is 0. The number of rotatable bonds is 6. The van der Waals surface area contributed by atoms with Gasteiger partial charge in [-0.1, -0.05) is 12.1 Å². The summed E-state index contributed by atoms with van der Waals surface area (Å²) in [5.41, 5.74) is 0.626. The van der Waals surface area contributed by atoms with Crippen LogP contribution >= 0.6 is 0 Å². The number of halogens is 3. The van der Waals surface area contributed by atoms with Crippen LogP contribution in [-0.2, 0) is 16.0 Å². The van der Waals surface area contributed by atoms with Gasteiger partial charge in [-0.3, -0.25) is 9.69 Å². The topological polar surface area (TPSA) is 50.8 Å². The second-order valence-corrected chi connectivity index (χ2v) is 5.75. The van der Waals surface area contributed by atoms with Gasteiger partial charge < -0.3 is 14.8 Å². The first kappa shape index (κ1) is 18.5. The molecule has 1 saturated heterocycles. The lowest BCUT2D eigenvalue weighted by atomic mass is 10.1. The molecule has 5 nitrogen and oxygen atoms in total. The Labute approximate surface area is 138 Å². The number of benzene rings is 1. The lowest BCUT2D eigenvalue weighted by Crippen LogP contribution is -2.46. The van der Waals surface area contributed by atoms with Crippen LogP contribution in [0, 0.1) is 0 Å². The average Bonchev–Trinajstić information content (AvgIpc) is 2.48. The number of nitrogens with one attached hydrogen (secondary N) is 1. The molecule has 24 heavy (non-hydrogen) atoms.